The summed E-state index contributed by atoms with van der Waals surface area (Å²) >= 11 is 0. The highest BCUT2D eigenvalue weighted by atomic mass is 16.6. The van der Waals surface area contributed by atoms with Crippen LogP contribution in [-0.4, -0.2) is 41.2 Å². The van der Waals surface area contributed by atoms with E-state index in [1.165, 1.54) is 59.8 Å². The fourth-order valence-electron chi connectivity index (χ4n) is 6.24. The summed E-state index contributed by atoms with van der Waals surface area (Å²) in [4.78, 5) is 27.3. The van der Waals surface area contributed by atoms with Crippen LogP contribution in [0.5, 0.6) is 0 Å². The molecule has 1 aromatic carbocycles. The molecule has 1 fully saturated rings. The summed E-state index contributed by atoms with van der Waals surface area (Å²) in [5.74, 6) is -0.534. The van der Waals surface area contributed by atoms with Crippen LogP contribution in [0.2, 0.25) is 0 Å². The topological polar surface area (TPSA) is 60.8 Å². The number of fused-ring (bicyclic) bond motifs is 3. The van der Waals surface area contributed by atoms with Gasteiger partial charge in [0.2, 0.25) is 0 Å². The molecule has 6 nitrogen and oxygen atoms in total. The van der Waals surface area contributed by atoms with Crippen LogP contribution in [0.3, 0.4) is 0 Å². The van der Waals surface area contributed by atoms with Gasteiger partial charge in [-0.2, -0.15) is 0 Å². The van der Waals surface area contributed by atoms with Crippen LogP contribution >= 0.6 is 0 Å². The maximum absolute atomic E-state index is 12.6. The maximum Gasteiger partial charge on any atom is 0.347 e. The third-order valence-electron chi connectivity index (χ3n) is 7.77. The molecule has 182 valence electrons. The van der Waals surface area contributed by atoms with E-state index in [4.69, 9.17) is 9.47 Å². The first-order chi connectivity index (χ1) is 16.6. The average molecular weight is 465 g/mol. The number of nitrogens with zero attached hydrogens (tertiary/aromatic N) is 2. The van der Waals surface area contributed by atoms with Gasteiger partial charge in [-0.25, -0.2) is 9.59 Å². The van der Waals surface area contributed by atoms with Gasteiger partial charge in [-0.15, -0.1) is 0 Å². The van der Waals surface area contributed by atoms with Crippen molar-refractivity contribution in [1.29, 1.82) is 0 Å². The lowest BCUT2D eigenvalue weighted by Crippen LogP contribution is -2.39. The number of hydrogen-bond donors (Lipinski definition) is 0. The lowest BCUT2D eigenvalue weighted by Gasteiger charge is -2.41. The van der Waals surface area contributed by atoms with E-state index in [1.807, 2.05) is 0 Å². The Morgan fingerprint density at radius 3 is 2.32 bits per heavy atom. The van der Waals surface area contributed by atoms with Crippen LogP contribution in [0.25, 0.3) is 10.8 Å². The van der Waals surface area contributed by atoms with Crippen molar-refractivity contribution in [2.75, 3.05) is 19.8 Å². The molecule has 5 rings (SSSR count). The number of esters is 2. The van der Waals surface area contributed by atoms with Gasteiger partial charge < -0.3 is 18.9 Å². The molecule has 1 aliphatic carbocycles. The molecule has 3 heterocycles. The molecule has 0 spiro atoms. The smallest absolute Gasteiger partial charge is 0.347 e. The minimum absolute atomic E-state index is 0.0180. The van der Waals surface area contributed by atoms with Gasteiger partial charge >= 0.3 is 11.9 Å². The van der Waals surface area contributed by atoms with Crippen molar-refractivity contribution >= 4 is 22.7 Å². The van der Waals surface area contributed by atoms with Crippen LogP contribution < -0.4 is 0 Å². The van der Waals surface area contributed by atoms with E-state index >= 15 is 0 Å². The van der Waals surface area contributed by atoms with Crippen molar-refractivity contribution < 1.29 is 19.1 Å². The second-order valence-electron chi connectivity index (χ2n) is 9.75. The fourth-order valence-corrected chi connectivity index (χ4v) is 6.24. The molecule has 1 aromatic heterocycles. The van der Waals surface area contributed by atoms with Crippen molar-refractivity contribution in [2.24, 2.45) is 0 Å². The molecule has 1 atom stereocenters. The van der Waals surface area contributed by atoms with E-state index < -0.39 is 11.9 Å². The summed E-state index contributed by atoms with van der Waals surface area (Å²) in [5, 5.41) is 2.78. The highest BCUT2D eigenvalue weighted by Crippen LogP contribution is 2.42. The Hall–Kier alpha value is -2.76. The summed E-state index contributed by atoms with van der Waals surface area (Å²) < 4.78 is 12.8. The Morgan fingerprint density at radius 1 is 0.912 bits per heavy atom. The molecular weight excluding hydrogens is 428 g/mol. The summed E-state index contributed by atoms with van der Waals surface area (Å²) in [7, 11) is 0. The van der Waals surface area contributed by atoms with Crippen LogP contribution in [0.1, 0.15) is 87.8 Å². The molecule has 1 saturated carbocycles. The number of rotatable bonds is 6. The first-order valence-corrected chi connectivity index (χ1v) is 13.1. The first-order valence-electron chi connectivity index (χ1n) is 13.1. The van der Waals surface area contributed by atoms with Gasteiger partial charge in [-0.05, 0) is 63.5 Å². The number of carbonyl (C=O) groups is 2. The van der Waals surface area contributed by atoms with Crippen molar-refractivity contribution in [3.8, 4) is 0 Å². The molecule has 0 amide bonds. The van der Waals surface area contributed by atoms with Gasteiger partial charge in [-0.1, -0.05) is 31.4 Å². The van der Waals surface area contributed by atoms with Gasteiger partial charge in [0, 0.05) is 41.3 Å². The van der Waals surface area contributed by atoms with E-state index in [0.29, 0.717) is 5.92 Å². The summed E-state index contributed by atoms with van der Waals surface area (Å²) in [6, 6.07) is 7.18. The number of carbonyl (C=O) groups excluding carboxylic acids is 2. The number of aromatic nitrogens is 1. The maximum atomic E-state index is 12.6. The first kappa shape index (κ1) is 23.0. The lowest BCUT2D eigenvalue weighted by atomic mass is 9.83. The van der Waals surface area contributed by atoms with Crippen molar-refractivity contribution in [3.05, 3.63) is 46.9 Å². The normalized spacial score (nSPS) is 20.1. The fraction of sp³-hybridized carbons (Fsp3) is 0.571. The molecule has 0 N–H and O–H groups in total. The van der Waals surface area contributed by atoms with Crippen LogP contribution in [0.15, 0.2) is 30.0 Å². The predicted octanol–water partition coefficient (Wildman–Crippen LogP) is 5.39. The second-order valence-corrected chi connectivity index (χ2v) is 9.75. The van der Waals surface area contributed by atoms with E-state index in [2.05, 4.69) is 27.7 Å². The van der Waals surface area contributed by atoms with Crippen LogP contribution in [0, 0.1) is 0 Å². The Labute approximate surface area is 201 Å². The van der Waals surface area contributed by atoms with Crippen LogP contribution in [-0.2, 0) is 31.9 Å². The molecule has 34 heavy (non-hydrogen) atoms. The van der Waals surface area contributed by atoms with E-state index in [1.54, 1.807) is 20.0 Å². The molecule has 2 aromatic rings. The molecule has 0 saturated heterocycles. The van der Waals surface area contributed by atoms with Gasteiger partial charge in [0.05, 0.1) is 13.2 Å². The van der Waals surface area contributed by atoms with Gasteiger partial charge in [-0.3, -0.25) is 0 Å². The zero-order valence-electron chi connectivity index (χ0n) is 20.5. The molecule has 0 unspecified atom stereocenters. The van der Waals surface area contributed by atoms with Crippen molar-refractivity contribution in [3.63, 3.8) is 0 Å². The number of benzene rings is 1. The zero-order valence-corrected chi connectivity index (χ0v) is 20.5. The molecule has 3 aliphatic rings. The number of hydrogen-bond acceptors (Lipinski definition) is 5. The average Bonchev–Trinajstić information content (AvgIpc) is 3.19. The summed E-state index contributed by atoms with van der Waals surface area (Å²) in [6.07, 6.45) is 12.5. The summed E-state index contributed by atoms with van der Waals surface area (Å²) in [5.41, 5.74) is 4.28. The van der Waals surface area contributed by atoms with E-state index in [0.717, 1.165) is 32.2 Å². The molecule has 0 radical (unpaired) electrons. The Balaban J connectivity index is 1.52. The monoisotopic (exact) mass is 464 g/mol. The van der Waals surface area contributed by atoms with E-state index in [9.17, 15) is 9.59 Å². The van der Waals surface area contributed by atoms with Crippen molar-refractivity contribution in [1.82, 2.24) is 9.47 Å². The largest absolute Gasteiger partial charge is 0.462 e. The predicted molar refractivity (Wildman–Crippen MR) is 131 cm³/mol. The van der Waals surface area contributed by atoms with Gasteiger partial charge in [0.15, 0.2) is 5.57 Å². The van der Waals surface area contributed by atoms with Gasteiger partial charge in [0.1, 0.15) is 6.17 Å². The minimum atomic E-state index is -0.613. The van der Waals surface area contributed by atoms with Crippen molar-refractivity contribution in [2.45, 2.75) is 83.7 Å². The minimum Gasteiger partial charge on any atom is -0.462 e. The molecule has 6 heteroatoms. The Morgan fingerprint density at radius 2 is 1.62 bits per heavy atom. The third kappa shape index (κ3) is 4.12. The lowest BCUT2D eigenvalue weighted by molar-refractivity contribution is -0.146. The standard InChI is InChI=1S/C28H36N2O4/c1-3-33-27(31)23(28(32)34-4-2)18-29-16-15-25-21-14-13-20(19-9-6-5-7-10-19)17-22(21)24-11-8-12-26(29)30(24)25/h13-14,17-19,26H,3-12,15-16H2,1-2H3/t26-/m0/s1. The number of aryl methyl sites for hydroxylation is 1. The second kappa shape index (κ2) is 9.85. The highest BCUT2D eigenvalue weighted by molar-refractivity contribution is 6.14. The molecule has 2 aliphatic heterocycles. The Kier molecular flexibility index (Phi) is 6.66. The summed E-state index contributed by atoms with van der Waals surface area (Å²) in [6.45, 7) is 4.69. The molecule has 0 bridgehead atoms. The Bertz CT molecular complexity index is 1090. The van der Waals surface area contributed by atoms with E-state index in [-0.39, 0.29) is 25.0 Å². The van der Waals surface area contributed by atoms with Gasteiger partial charge in [0.25, 0.3) is 0 Å². The number of ether oxygens (including phenoxy) is 2. The quantitative estimate of drug-likeness (QED) is 0.248. The third-order valence-corrected chi connectivity index (χ3v) is 7.77. The highest BCUT2D eigenvalue weighted by Gasteiger charge is 2.34. The zero-order chi connectivity index (χ0) is 23.7. The molecular formula is C28H36N2O4. The van der Waals surface area contributed by atoms with Crippen LogP contribution in [0.4, 0.5) is 0 Å². The SMILES string of the molecule is CCOC(=O)C(=CN1CCc2c3ccc(C4CCCCC4)cc3c3n2[C@H]1CCC3)C(=O)OCC.